The van der Waals surface area contributed by atoms with Crippen molar-refractivity contribution in [3.05, 3.63) is 29.3 Å². The number of nitrogens with one attached hydrogen (secondary N) is 1. The second kappa shape index (κ2) is 9.62. The molecule has 0 aliphatic rings. The Morgan fingerprint density at radius 2 is 2.04 bits per heavy atom. The van der Waals surface area contributed by atoms with Crippen LogP contribution in [-0.4, -0.2) is 31.1 Å². The maximum Gasteiger partial charge on any atom is 0.339 e. The van der Waals surface area contributed by atoms with Crippen molar-refractivity contribution in [3.63, 3.8) is 0 Å². The standard InChI is InChI=1S/C17H23N3O3/c1-12(2)23-17(22)15-8-7-14(11-13(15)5-3-9-18)20-16(21)6-4-10-19/h7-8,11-12H,4,6,9-10,18-19H2,1-2H3,(H,20,21). The molecule has 1 amide bonds. The van der Waals surface area contributed by atoms with Gasteiger partial charge in [0.1, 0.15) is 0 Å². The summed E-state index contributed by atoms with van der Waals surface area (Å²) in [6.45, 7) is 4.18. The van der Waals surface area contributed by atoms with Crippen LogP contribution in [0.1, 0.15) is 42.6 Å². The fraction of sp³-hybridized carbons (Fsp3) is 0.412. The molecule has 6 heteroatoms. The average Bonchev–Trinajstić information content (AvgIpc) is 2.50. The number of benzene rings is 1. The lowest BCUT2D eigenvalue weighted by molar-refractivity contribution is -0.116. The number of esters is 1. The van der Waals surface area contributed by atoms with Crippen LogP contribution in [0, 0.1) is 11.8 Å². The lowest BCUT2D eigenvalue weighted by atomic mass is 10.1. The van der Waals surface area contributed by atoms with Gasteiger partial charge in [-0.2, -0.15) is 0 Å². The van der Waals surface area contributed by atoms with E-state index in [1.165, 1.54) is 0 Å². The van der Waals surface area contributed by atoms with Crippen LogP contribution in [0.25, 0.3) is 0 Å². The summed E-state index contributed by atoms with van der Waals surface area (Å²) in [5.74, 6) is 4.96. The Morgan fingerprint density at radius 3 is 2.65 bits per heavy atom. The van der Waals surface area contributed by atoms with Gasteiger partial charge in [-0.25, -0.2) is 4.79 Å². The zero-order chi connectivity index (χ0) is 17.2. The molecule has 0 saturated heterocycles. The summed E-state index contributed by atoms with van der Waals surface area (Å²) < 4.78 is 5.19. The van der Waals surface area contributed by atoms with E-state index in [9.17, 15) is 9.59 Å². The SMILES string of the molecule is CC(C)OC(=O)c1ccc(NC(=O)CCCN)cc1C#CCN. The Kier molecular flexibility index (Phi) is 7.81. The summed E-state index contributed by atoms with van der Waals surface area (Å²) in [6.07, 6.45) is 0.732. The van der Waals surface area contributed by atoms with Crippen molar-refractivity contribution >= 4 is 17.6 Å². The van der Waals surface area contributed by atoms with Crippen molar-refractivity contribution in [2.24, 2.45) is 11.5 Å². The zero-order valence-electron chi connectivity index (χ0n) is 13.5. The highest BCUT2D eigenvalue weighted by molar-refractivity contribution is 5.95. The molecule has 124 valence electrons. The minimum Gasteiger partial charge on any atom is -0.459 e. The van der Waals surface area contributed by atoms with Crippen LogP contribution in [0.3, 0.4) is 0 Å². The third-order valence-corrected chi connectivity index (χ3v) is 2.80. The van der Waals surface area contributed by atoms with Crippen molar-refractivity contribution in [1.82, 2.24) is 0 Å². The van der Waals surface area contributed by atoms with Gasteiger partial charge in [-0.1, -0.05) is 11.8 Å². The molecule has 6 nitrogen and oxygen atoms in total. The molecule has 5 N–H and O–H groups in total. The maximum absolute atomic E-state index is 12.1. The van der Waals surface area contributed by atoms with Gasteiger partial charge in [-0.05, 0) is 45.0 Å². The number of rotatable bonds is 6. The molecule has 0 aliphatic heterocycles. The first-order chi connectivity index (χ1) is 11.0. The molecule has 1 aromatic carbocycles. The van der Waals surface area contributed by atoms with E-state index >= 15 is 0 Å². The van der Waals surface area contributed by atoms with Gasteiger partial charge < -0.3 is 21.5 Å². The van der Waals surface area contributed by atoms with Gasteiger partial charge in [0, 0.05) is 17.7 Å². The first-order valence-electron chi connectivity index (χ1n) is 7.51. The van der Waals surface area contributed by atoms with Crippen LogP contribution >= 0.6 is 0 Å². The highest BCUT2D eigenvalue weighted by Crippen LogP contribution is 2.17. The van der Waals surface area contributed by atoms with Crippen molar-refractivity contribution in [1.29, 1.82) is 0 Å². The van der Waals surface area contributed by atoms with E-state index in [4.69, 9.17) is 16.2 Å². The van der Waals surface area contributed by atoms with Crippen LogP contribution in [0.2, 0.25) is 0 Å². The second-order valence-electron chi connectivity index (χ2n) is 5.16. The minimum absolute atomic E-state index is 0.134. The lowest BCUT2D eigenvalue weighted by Crippen LogP contribution is -2.15. The lowest BCUT2D eigenvalue weighted by Gasteiger charge is -2.11. The normalized spacial score (nSPS) is 9.96. The van der Waals surface area contributed by atoms with Crippen molar-refractivity contribution in [3.8, 4) is 11.8 Å². The second-order valence-corrected chi connectivity index (χ2v) is 5.16. The van der Waals surface area contributed by atoms with Gasteiger partial charge >= 0.3 is 5.97 Å². The van der Waals surface area contributed by atoms with E-state index in [-0.39, 0.29) is 18.6 Å². The number of carbonyl (C=O) groups excluding carboxylic acids is 2. The van der Waals surface area contributed by atoms with E-state index in [0.29, 0.717) is 36.2 Å². The molecule has 0 bridgehead atoms. The van der Waals surface area contributed by atoms with Crippen LogP contribution in [0.4, 0.5) is 5.69 Å². The van der Waals surface area contributed by atoms with Gasteiger partial charge in [0.25, 0.3) is 0 Å². The van der Waals surface area contributed by atoms with E-state index < -0.39 is 5.97 Å². The molecule has 0 aliphatic carbocycles. The Morgan fingerprint density at radius 1 is 1.30 bits per heavy atom. The number of ether oxygens (including phenoxy) is 1. The summed E-state index contributed by atoms with van der Waals surface area (Å²) in [5.41, 5.74) is 12.1. The molecule has 0 unspecified atom stereocenters. The number of hydrogen-bond donors (Lipinski definition) is 3. The average molecular weight is 317 g/mol. The first kappa shape index (κ1) is 18.7. The molecule has 0 radical (unpaired) electrons. The molecule has 23 heavy (non-hydrogen) atoms. The quantitative estimate of drug-likeness (QED) is 0.540. The predicted molar refractivity (Wildman–Crippen MR) is 89.8 cm³/mol. The molecular formula is C17H23N3O3. The number of nitrogens with two attached hydrogens (primary N) is 2. The third kappa shape index (κ3) is 6.51. The van der Waals surface area contributed by atoms with Crippen molar-refractivity contribution in [2.75, 3.05) is 18.4 Å². The Hall–Kier alpha value is -2.36. The van der Waals surface area contributed by atoms with E-state index in [1.54, 1.807) is 32.0 Å². The molecule has 0 atom stereocenters. The van der Waals surface area contributed by atoms with Crippen LogP contribution in [0.5, 0.6) is 0 Å². The maximum atomic E-state index is 12.1. The smallest absolute Gasteiger partial charge is 0.339 e. The number of carbonyl (C=O) groups is 2. The molecule has 1 rings (SSSR count). The fourth-order valence-corrected chi connectivity index (χ4v) is 1.81. The highest BCUT2D eigenvalue weighted by atomic mass is 16.5. The van der Waals surface area contributed by atoms with Crippen molar-refractivity contribution < 1.29 is 14.3 Å². The number of amides is 1. The zero-order valence-corrected chi connectivity index (χ0v) is 13.5. The van der Waals surface area contributed by atoms with Gasteiger partial charge in [0.05, 0.1) is 18.2 Å². The number of anilines is 1. The third-order valence-electron chi connectivity index (χ3n) is 2.80. The number of hydrogen-bond acceptors (Lipinski definition) is 5. The van der Waals surface area contributed by atoms with Gasteiger partial charge in [-0.3, -0.25) is 4.79 Å². The summed E-state index contributed by atoms with van der Waals surface area (Å²) in [4.78, 5) is 23.8. The van der Waals surface area contributed by atoms with E-state index in [2.05, 4.69) is 17.2 Å². The summed E-state index contributed by atoms with van der Waals surface area (Å²) in [6, 6.07) is 4.87. The topological polar surface area (TPSA) is 107 Å². The fourth-order valence-electron chi connectivity index (χ4n) is 1.81. The molecule has 0 heterocycles. The van der Waals surface area contributed by atoms with Gasteiger partial charge in [0.15, 0.2) is 0 Å². The Labute approximate surface area is 136 Å². The summed E-state index contributed by atoms with van der Waals surface area (Å²) in [7, 11) is 0. The summed E-state index contributed by atoms with van der Waals surface area (Å²) >= 11 is 0. The van der Waals surface area contributed by atoms with E-state index in [0.717, 1.165) is 0 Å². The first-order valence-corrected chi connectivity index (χ1v) is 7.51. The monoisotopic (exact) mass is 317 g/mol. The highest BCUT2D eigenvalue weighted by Gasteiger charge is 2.14. The largest absolute Gasteiger partial charge is 0.459 e. The molecule has 1 aromatic rings. The molecule has 0 fully saturated rings. The van der Waals surface area contributed by atoms with Crippen LogP contribution in [-0.2, 0) is 9.53 Å². The van der Waals surface area contributed by atoms with Gasteiger partial charge in [-0.15, -0.1) is 0 Å². The Bertz CT molecular complexity index is 615. The van der Waals surface area contributed by atoms with Crippen LogP contribution < -0.4 is 16.8 Å². The molecule has 0 spiro atoms. The van der Waals surface area contributed by atoms with Crippen LogP contribution in [0.15, 0.2) is 18.2 Å². The molecular weight excluding hydrogens is 294 g/mol. The van der Waals surface area contributed by atoms with Gasteiger partial charge in [0.2, 0.25) is 5.91 Å². The predicted octanol–water partition coefficient (Wildman–Crippen LogP) is 1.24. The van der Waals surface area contributed by atoms with Crippen molar-refractivity contribution in [2.45, 2.75) is 32.8 Å². The Balaban J connectivity index is 3.01. The summed E-state index contributed by atoms with van der Waals surface area (Å²) in [5, 5.41) is 2.75. The molecule has 0 aromatic heterocycles. The molecule has 0 saturated carbocycles. The minimum atomic E-state index is -0.456. The van der Waals surface area contributed by atoms with E-state index in [1.807, 2.05) is 0 Å².